The highest BCUT2D eigenvalue weighted by Crippen LogP contribution is 2.33. The van der Waals surface area contributed by atoms with Crippen LogP contribution in [0.1, 0.15) is 5.69 Å². The van der Waals surface area contributed by atoms with Crippen molar-refractivity contribution in [1.82, 2.24) is 14.5 Å². The first kappa shape index (κ1) is 16.8. The molecule has 25 heavy (non-hydrogen) atoms. The fraction of sp³-hybridized carbons (Fsp3) is 0.353. The number of carbonyl (C=O) groups excluding carboxylic acids is 1. The molecular formula is C17H20N4O4. The maximum Gasteiger partial charge on any atom is 0.330 e. The van der Waals surface area contributed by atoms with Gasteiger partial charge in [-0.05, 0) is 12.1 Å². The minimum atomic E-state index is -0.663. The first-order chi connectivity index (χ1) is 11.9. The summed E-state index contributed by atoms with van der Waals surface area (Å²) < 4.78 is 8.26. The van der Waals surface area contributed by atoms with Crippen molar-refractivity contribution in [2.45, 2.75) is 12.6 Å². The average Bonchev–Trinajstić information content (AvgIpc) is 2.63. The third kappa shape index (κ3) is 3.02. The molecule has 8 nitrogen and oxygen atoms in total. The van der Waals surface area contributed by atoms with Crippen molar-refractivity contribution < 1.29 is 9.53 Å². The molecule has 2 heterocycles. The molecular weight excluding hydrogens is 324 g/mol. The minimum absolute atomic E-state index is 0.225. The van der Waals surface area contributed by atoms with E-state index in [1.54, 1.807) is 20.2 Å². The molecule has 1 aliphatic rings. The predicted molar refractivity (Wildman–Crippen MR) is 92.9 cm³/mol. The van der Waals surface area contributed by atoms with Crippen LogP contribution in [0.5, 0.6) is 5.75 Å². The van der Waals surface area contributed by atoms with Crippen LogP contribution in [0.4, 0.5) is 5.69 Å². The Kier molecular flexibility index (Phi) is 4.35. The number of amides is 1. The first-order valence-electron chi connectivity index (χ1n) is 7.90. The summed E-state index contributed by atoms with van der Waals surface area (Å²) in [4.78, 5) is 38.1. The van der Waals surface area contributed by atoms with E-state index in [1.165, 1.54) is 17.7 Å². The van der Waals surface area contributed by atoms with Crippen LogP contribution < -0.4 is 26.2 Å². The molecule has 8 heteroatoms. The zero-order valence-corrected chi connectivity index (χ0v) is 14.4. The van der Waals surface area contributed by atoms with Crippen LogP contribution in [0, 0.1) is 0 Å². The lowest BCUT2D eigenvalue weighted by Crippen LogP contribution is -2.48. The molecule has 1 aromatic carbocycles. The maximum absolute atomic E-state index is 12.1. The molecule has 0 unspecified atom stereocenters. The van der Waals surface area contributed by atoms with Gasteiger partial charge in [0, 0.05) is 32.9 Å². The fourth-order valence-corrected chi connectivity index (χ4v) is 2.88. The van der Waals surface area contributed by atoms with Gasteiger partial charge in [0.05, 0.1) is 18.8 Å². The lowest BCUT2D eigenvalue weighted by atomic mass is 10.1. The van der Waals surface area contributed by atoms with Gasteiger partial charge in [0.25, 0.3) is 11.5 Å². The predicted octanol–water partition coefficient (Wildman–Crippen LogP) is -0.402. The Hall–Kier alpha value is -3.03. The van der Waals surface area contributed by atoms with Crippen molar-refractivity contribution in [2.75, 3.05) is 18.5 Å². The van der Waals surface area contributed by atoms with Gasteiger partial charge >= 0.3 is 5.69 Å². The SMILES string of the molecule is CNC(=O)[C@@H]1CN(Cc2cc(=O)n(C)c(=O)n2C)c2ccccc2O1. The summed E-state index contributed by atoms with van der Waals surface area (Å²) in [5, 5.41) is 2.59. The number of aromatic nitrogens is 2. The smallest absolute Gasteiger partial charge is 0.330 e. The van der Waals surface area contributed by atoms with E-state index in [1.807, 2.05) is 23.1 Å². The van der Waals surface area contributed by atoms with Gasteiger partial charge in [-0.15, -0.1) is 0 Å². The molecule has 1 amide bonds. The van der Waals surface area contributed by atoms with Gasteiger partial charge in [-0.25, -0.2) is 4.79 Å². The van der Waals surface area contributed by atoms with Crippen LogP contribution in [-0.4, -0.2) is 34.7 Å². The second kappa shape index (κ2) is 6.46. The van der Waals surface area contributed by atoms with Gasteiger partial charge in [0.2, 0.25) is 0 Å². The first-order valence-corrected chi connectivity index (χ1v) is 7.90. The number of nitrogens with one attached hydrogen (secondary N) is 1. The van der Waals surface area contributed by atoms with Crippen molar-refractivity contribution >= 4 is 11.6 Å². The van der Waals surface area contributed by atoms with E-state index < -0.39 is 6.10 Å². The zero-order chi connectivity index (χ0) is 18.1. The number of rotatable bonds is 3. The van der Waals surface area contributed by atoms with Crippen LogP contribution in [0.2, 0.25) is 0 Å². The Morgan fingerprint density at radius 2 is 1.96 bits per heavy atom. The van der Waals surface area contributed by atoms with Crippen LogP contribution in [-0.2, 0) is 25.4 Å². The molecule has 0 saturated heterocycles. The van der Waals surface area contributed by atoms with Gasteiger partial charge in [-0.3, -0.25) is 18.7 Å². The molecule has 0 bridgehead atoms. The second-order valence-electron chi connectivity index (χ2n) is 5.94. The topological polar surface area (TPSA) is 85.6 Å². The van der Waals surface area contributed by atoms with Crippen molar-refractivity contribution in [1.29, 1.82) is 0 Å². The summed E-state index contributed by atoms with van der Waals surface area (Å²) in [5.74, 6) is 0.369. The Bertz CT molecular complexity index is 931. The molecule has 0 fully saturated rings. The molecule has 2 aromatic rings. The number of likely N-dealkylation sites (N-methyl/N-ethyl adjacent to an activating group) is 1. The van der Waals surface area contributed by atoms with Crippen LogP contribution in [0.25, 0.3) is 0 Å². The lowest BCUT2D eigenvalue weighted by Gasteiger charge is -2.35. The number of anilines is 1. The number of benzene rings is 1. The van der Waals surface area contributed by atoms with Crippen molar-refractivity contribution in [3.8, 4) is 5.75 Å². The summed E-state index contributed by atoms with van der Waals surface area (Å²) in [5.41, 5.74) is 0.644. The maximum atomic E-state index is 12.1. The minimum Gasteiger partial charge on any atom is -0.477 e. The molecule has 0 radical (unpaired) electrons. The highest BCUT2D eigenvalue weighted by Gasteiger charge is 2.30. The quantitative estimate of drug-likeness (QED) is 0.819. The molecule has 132 valence electrons. The molecule has 1 atom stereocenters. The number of hydrogen-bond donors (Lipinski definition) is 1. The largest absolute Gasteiger partial charge is 0.477 e. The van der Waals surface area contributed by atoms with E-state index in [-0.39, 0.29) is 17.2 Å². The monoisotopic (exact) mass is 344 g/mol. The molecule has 1 N–H and O–H groups in total. The standard InChI is InChI=1S/C17H20N4O4/c1-18-16(23)14-10-21(12-6-4-5-7-13(12)25-14)9-11-8-15(22)20(3)17(24)19(11)2/h4-8,14H,9-10H2,1-3H3,(H,18,23)/t14-/m0/s1. The average molecular weight is 344 g/mol. The van der Waals surface area contributed by atoms with Crippen LogP contribution in [0.3, 0.4) is 0 Å². The second-order valence-corrected chi connectivity index (χ2v) is 5.94. The van der Waals surface area contributed by atoms with E-state index in [0.717, 1.165) is 10.3 Å². The van der Waals surface area contributed by atoms with Gasteiger partial charge in [-0.1, -0.05) is 12.1 Å². The number of para-hydroxylation sites is 2. The van der Waals surface area contributed by atoms with Crippen molar-refractivity contribution in [3.05, 3.63) is 56.9 Å². The summed E-state index contributed by atoms with van der Waals surface area (Å²) in [6, 6.07) is 8.82. The Labute approximate surface area is 144 Å². The summed E-state index contributed by atoms with van der Waals surface area (Å²) in [6.07, 6.45) is -0.663. The molecule has 3 rings (SSSR count). The number of carbonyl (C=O) groups is 1. The van der Waals surface area contributed by atoms with Gasteiger partial charge in [-0.2, -0.15) is 0 Å². The van der Waals surface area contributed by atoms with Gasteiger partial charge in [0.1, 0.15) is 5.75 Å². The molecule has 1 aromatic heterocycles. The van der Waals surface area contributed by atoms with E-state index >= 15 is 0 Å². The van der Waals surface area contributed by atoms with Crippen LogP contribution >= 0.6 is 0 Å². The highest BCUT2D eigenvalue weighted by molar-refractivity contribution is 5.83. The number of fused-ring (bicyclic) bond motifs is 1. The van der Waals surface area contributed by atoms with Crippen molar-refractivity contribution in [3.63, 3.8) is 0 Å². The number of nitrogens with zero attached hydrogens (tertiary/aromatic N) is 3. The van der Waals surface area contributed by atoms with Crippen LogP contribution in [0.15, 0.2) is 39.9 Å². The van der Waals surface area contributed by atoms with Crippen molar-refractivity contribution in [2.24, 2.45) is 14.1 Å². The summed E-state index contributed by atoms with van der Waals surface area (Å²) in [6.45, 7) is 0.635. The van der Waals surface area contributed by atoms with E-state index in [2.05, 4.69) is 5.32 Å². The molecule has 0 spiro atoms. The van der Waals surface area contributed by atoms with E-state index in [4.69, 9.17) is 4.74 Å². The Balaban J connectivity index is 2.00. The van der Waals surface area contributed by atoms with Gasteiger partial charge < -0.3 is 15.0 Å². The number of hydrogen-bond acceptors (Lipinski definition) is 5. The third-order valence-corrected chi connectivity index (χ3v) is 4.38. The molecule has 0 saturated carbocycles. The lowest BCUT2D eigenvalue weighted by molar-refractivity contribution is -0.127. The highest BCUT2D eigenvalue weighted by atomic mass is 16.5. The Morgan fingerprint density at radius 3 is 2.68 bits per heavy atom. The Morgan fingerprint density at radius 1 is 1.24 bits per heavy atom. The molecule has 0 aliphatic carbocycles. The van der Waals surface area contributed by atoms with Gasteiger partial charge in [0.15, 0.2) is 6.10 Å². The molecule has 1 aliphatic heterocycles. The van der Waals surface area contributed by atoms with E-state index in [9.17, 15) is 14.4 Å². The normalized spacial score (nSPS) is 16.1. The number of ether oxygens (including phenoxy) is 1. The van der Waals surface area contributed by atoms with E-state index in [0.29, 0.717) is 24.5 Å². The fourth-order valence-electron chi connectivity index (χ4n) is 2.88. The summed E-state index contributed by atoms with van der Waals surface area (Å²) >= 11 is 0. The summed E-state index contributed by atoms with van der Waals surface area (Å²) in [7, 11) is 4.63. The third-order valence-electron chi connectivity index (χ3n) is 4.38. The zero-order valence-electron chi connectivity index (χ0n) is 14.4.